The number of piperazine rings is 1. The second-order valence-electron chi connectivity index (χ2n) is 7.09. The minimum absolute atomic E-state index is 0.834. The number of piperidine rings is 1. The highest BCUT2D eigenvalue weighted by Crippen LogP contribution is 2.18. The van der Waals surface area contributed by atoms with Gasteiger partial charge in [0.1, 0.15) is 0 Å². The fourth-order valence-electron chi connectivity index (χ4n) is 3.71. The first-order valence-corrected chi connectivity index (χ1v) is 9.71. The van der Waals surface area contributed by atoms with Gasteiger partial charge in [0, 0.05) is 52.4 Å². The van der Waals surface area contributed by atoms with E-state index in [1.54, 1.807) is 0 Å². The lowest BCUT2D eigenvalue weighted by atomic mass is 9.96. The zero-order valence-corrected chi connectivity index (χ0v) is 15.4. The summed E-state index contributed by atoms with van der Waals surface area (Å²) in [5, 5.41) is 3.11. The lowest BCUT2D eigenvalue weighted by molar-refractivity contribution is 0.0836. The quantitative estimate of drug-likeness (QED) is 0.605. The van der Waals surface area contributed by atoms with Crippen LogP contribution in [-0.2, 0) is 4.74 Å². The van der Waals surface area contributed by atoms with Crippen LogP contribution in [0.4, 0.5) is 0 Å². The van der Waals surface area contributed by atoms with Crippen molar-refractivity contribution >= 4 is 0 Å². The van der Waals surface area contributed by atoms with Crippen LogP contribution in [0.3, 0.4) is 0 Å². The molecule has 0 aromatic rings. The van der Waals surface area contributed by atoms with Crippen LogP contribution in [-0.4, -0.2) is 100 Å². The van der Waals surface area contributed by atoms with Gasteiger partial charge in [-0.15, -0.1) is 0 Å². The van der Waals surface area contributed by atoms with Gasteiger partial charge in [-0.1, -0.05) is 6.92 Å². The molecule has 1 N–H and O–H groups in total. The Morgan fingerprint density at radius 1 is 0.913 bits per heavy atom. The monoisotopic (exact) mass is 326 g/mol. The smallest absolute Gasteiger partial charge is 0.0590 e. The Morgan fingerprint density at radius 2 is 1.61 bits per heavy atom. The van der Waals surface area contributed by atoms with Crippen molar-refractivity contribution in [3.8, 4) is 0 Å². The van der Waals surface area contributed by atoms with E-state index in [1.165, 1.54) is 78.2 Å². The van der Waals surface area contributed by atoms with Crippen molar-refractivity contribution in [2.24, 2.45) is 5.92 Å². The summed E-state index contributed by atoms with van der Waals surface area (Å²) in [4.78, 5) is 7.90. The van der Waals surface area contributed by atoms with E-state index in [4.69, 9.17) is 4.74 Å². The molecule has 0 aromatic heterocycles. The van der Waals surface area contributed by atoms with Gasteiger partial charge in [-0.2, -0.15) is 0 Å². The number of likely N-dealkylation sites (tertiary alicyclic amines) is 1. The maximum atomic E-state index is 5.60. The van der Waals surface area contributed by atoms with Crippen molar-refractivity contribution in [1.29, 1.82) is 0 Å². The van der Waals surface area contributed by atoms with Crippen LogP contribution in [0.5, 0.6) is 0 Å². The molecule has 0 aliphatic carbocycles. The average Bonchev–Trinajstić information content (AvgIpc) is 2.60. The first-order valence-electron chi connectivity index (χ1n) is 9.71. The molecule has 136 valence electrons. The predicted octanol–water partition coefficient (Wildman–Crippen LogP) is 0.962. The molecule has 0 bridgehead atoms. The Morgan fingerprint density at radius 3 is 2.26 bits per heavy atom. The molecule has 0 spiro atoms. The van der Waals surface area contributed by atoms with Crippen LogP contribution in [0.2, 0.25) is 0 Å². The SMILES string of the molecule is CCN1CCC(CN2CCN(CCCOCCNC)CC2)CC1. The largest absolute Gasteiger partial charge is 0.380 e. The van der Waals surface area contributed by atoms with Crippen molar-refractivity contribution in [3.63, 3.8) is 0 Å². The van der Waals surface area contributed by atoms with Gasteiger partial charge < -0.3 is 24.8 Å². The van der Waals surface area contributed by atoms with Gasteiger partial charge in [-0.25, -0.2) is 0 Å². The first-order chi connectivity index (χ1) is 11.3. The summed E-state index contributed by atoms with van der Waals surface area (Å²) < 4.78 is 5.60. The lowest BCUT2D eigenvalue weighted by Crippen LogP contribution is -2.49. The maximum absolute atomic E-state index is 5.60. The fourth-order valence-corrected chi connectivity index (χ4v) is 3.71. The molecule has 2 aliphatic rings. The fraction of sp³-hybridized carbons (Fsp3) is 1.00. The number of likely N-dealkylation sites (N-methyl/N-ethyl adjacent to an activating group) is 1. The van der Waals surface area contributed by atoms with E-state index in [1.807, 2.05) is 7.05 Å². The number of nitrogens with one attached hydrogen (secondary N) is 1. The normalized spacial score (nSPS) is 22.7. The van der Waals surface area contributed by atoms with Crippen molar-refractivity contribution in [2.45, 2.75) is 26.2 Å². The summed E-state index contributed by atoms with van der Waals surface area (Å²) >= 11 is 0. The van der Waals surface area contributed by atoms with Crippen molar-refractivity contribution in [2.75, 3.05) is 85.7 Å². The van der Waals surface area contributed by atoms with Crippen LogP contribution in [0.1, 0.15) is 26.2 Å². The van der Waals surface area contributed by atoms with Gasteiger partial charge in [-0.3, -0.25) is 0 Å². The second-order valence-corrected chi connectivity index (χ2v) is 7.09. The van der Waals surface area contributed by atoms with Crippen LogP contribution in [0, 0.1) is 5.92 Å². The molecule has 0 atom stereocenters. The highest BCUT2D eigenvalue weighted by molar-refractivity contribution is 4.78. The zero-order valence-electron chi connectivity index (χ0n) is 15.4. The Bertz CT molecular complexity index is 287. The van der Waals surface area contributed by atoms with E-state index in [0.717, 1.165) is 25.7 Å². The van der Waals surface area contributed by atoms with Gasteiger partial charge >= 0.3 is 0 Å². The van der Waals surface area contributed by atoms with Crippen LogP contribution in [0.15, 0.2) is 0 Å². The number of rotatable bonds is 10. The minimum Gasteiger partial charge on any atom is -0.380 e. The topological polar surface area (TPSA) is 31.0 Å². The Balaban J connectivity index is 1.49. The molecule has 2 heterocycles. The molecule has 0 saturated carbocycles. The summed E-state index contributed by atoms with van der Waals surface area (Å²) in [6, 6.07) is 0. The number of nitrogens with zero attached hydrogens (tertiary/aromatic N) is 3. The second kappa shape index (κ2) is 11.4. The Labute approximate surface area is 143 Å². The van der Waals surface area contributed by atoms with Gasteiger partial charge in [0.15, 0.2) is 0 Å². The molecule has 2 saturated heterocycles. The highest BCUT2D eigenvalue weighted by Gasteiger charge is 2.23. The minimum atomic E-state index is 0.834. The molecular formula is C18H38N4O. The molecule has 0 amide bonds. The van der Waals surface area contributed by atoms with E-state index in [9.17, 15) is 0 Å². The van der Waals surface area contributed by atoms with E-state index in [0.29, 0.717) is 0 Å². The third-order valence-corrected chi connectivity index (χ3v) is 5.40. The molecule has 2 aliphatic heterocycles. The molecule has 2 fully saturated rings. The van der Waals surface area contributed by atoms with Crippen molar-refractivity contribution < 1.29 is 4.74 Å². The standard InChI is InChI=1S/C18H38N4O/c1-3-20-9-5-18(6-10-20)17-22-13-11-21(12-14-22)8-4-15-23-16-7-19-2/h18-19H,3-17H2,1-2H3. The van der Waals surface area contributed by atoms with Crippen molar-refractivity contribution in [1.82, 2.24) is 20.0 Å². The molecule has 5 heteroatoms. The van der Waals surface area contributed by atoms with Gasteiger partial charge in [0.25, 0.3) is 0 Å². The van der Waals surface area contributed by atoms with Crippen LogP contribution < -0.4 is 5.32 Å². The lowest BCUT2D eigenvalue weighted by Gasteiger charge is -2.38. The molecule has 0 unspecified atom stereocenters. The van der Waals surface area contributed by atoms with Crippen molar-refractivity contribution in [3.05, 3.63) is 0 Å². The molecule has 23 heavy (non-hydrogen) atoms. The molecular weight excluding hydrogens is 288 g/mol. The van der Waals surface area contributed by atoms with Crippen LogP contribution >= 0.6 is 0 Å². The zero-order chi connectivity index (χ0) is 16.3. The van der Waals surface area contributed by atoms with E-state index in [-0.39, 0.29) is 0 Å². The van der Waals surface area contributed by atoms with Gasteiger partial charge in [0.2, 0.25) is 0 Å². The molecule has 0 radical (unpaired) electrons. The number of hydrogen-bond donors (Lipinski definition) is 1. The third-order valence-electron chi connectivity index (χ3n) is 5.40. The molecule has 2 rings (SSSR count). The van der Waals surface area contributed by atoms with E-state index < -0.39 is 0 Å². The number of hydrogen-bond acceptors (Lipinski definition) is 5. The van der Waals surface area contributed by atoms with Gasteiger partial charge in [0.05, 0.1) is 6.61 Å². The Hall–Kier alpha value is -0.200. The van der Waals surface area contributed by atoms with E-state index >= 15 is 0 Å². The summed E-state index contributed by atoms with van der Waals surface area (Å²) in [5.74, 6) is 0.935. The van der Waals surface area contributed by atoms with E-state index in [2.05, 4.69) is 26.9 Å². The highest BCUT2D eigenvalue weighted by atomic mass is 16.5. The first kappa shape index (κ1) is 19.1. The van der Waals surface area contributed by atoms with Crippen LogP contribution in [0.25, 0.3) is 0 Å². The summed E-state index contributed by atoms with van der Waals surface area (Å²) in [5.41, 5.74) is 0. The molecule has 5 nitrogen and oxygen atoms in total. The summed E-state index contributed by atoms with van der Waals surface area (Å²) in [6.45, 7) is 16.4. The summed E-state index contributed by atoms with van der Waals surface area (Å²) in [7, 11) is 1.97. The summed E-state index contributed by atoms with van der Waals surface area (Å²) in [6.07, 6.45) is 3.97. The van der Waals surface area contributed by atoms with Gasteiger partial charge in [-0.05, 0) is 51.9 Å². The third kappa shape index (κ3) is 7.48. The maximum Gasteiger partial charge on any atom is 0.0590 e. The average molecular weight is 327 g/mol. The predicted molar refractivity (Wildman–Crippen MR) is 97.1 cm³/mol. The number of ether oxygens (including phenoxy) is 1. The molecule has 0 aromatic carbocycles. The Kier molecular flexibility index (Phi) is 9.46.